The Morgan fingerprint density at radius 3 is 2.60 bits per heavy atom. The van der Waals surface area contributed by atoms with Gasteiger partial charge in [0, 0.05) is 6.92 Å². The number of nitrogens with one attached hydrogen (secondary N) is 1. The topological polar surface area (TPSA) is 55.4 Å². The van der Waals surface area contributed by atoms with E-state index in [1.165, 1.54) is 6.07 Å². The number of rotatable bonds is 1. The van der Waals surface area contributed by atoms with E-state index in [9.17, 15) is 9.59 Å². The molecular weight excluding hydrogens is 241 g/mol. The van der Waals surface area contributed by atoms with Crippen LogP contribution in [0.15, 0.2) is 18.2 Å². The number of esters is 1. The molecule has 0 bridgehead atoms. The average Bonchev–Trinajstić information content (AvgIpc) is 2.11. The number of hydrogen-bond acceptors (Lipinski definition) is 3. The Bertz CT molecular complexity index is 406. The molecule has 1 aromatic carbocycles. The molecule has 0 atom stereocenters. The van der Waals surface area contributed by atoms with Gasteiger partial charge in [-0.25, -0.2) is 4.79 Å². The van der Waals surface area contributed by atoms with Crippen LogP contribution in [0.2, 0.25) is 10.0 Å². The summed E-state index contributed by atoms with van der Waals surface area (Å²) in [5, 5.41) is 2.78. The molecular formula is C9H7Cl2NO3. The predicted octanol–water partition coefficient (Wildman–Crippen LogP) is 3.09. The minimum Gasteiger partial charge on any atom is -0.376 e. The van der Waals surface area contributed by atoms with E-state index in [0.717, 1.165) is 6.92 Å². The quantitative estimate of drug-likeness (QED) is 0.613. The first-order valence-electron chi connectivity index (χ1n) is 3.94. The zero-order valence-corrected chi connectivity index (χ0v) is 9.22. The molecule has 0 aromatic heterocycles. The van der Waals surface area contributed by atoms with E-state index in [1.54, 1.807) is 12.1 Å². The molecule has 0 aliphatic carbocycles. The summed E-state index contributed by atoms with van der Waals surface area (Å²) >= 11 is 11.5. The average molecular weight is 248 g/mol. The van der Waals surface area contributed by atoms with Crippen molar-refractivity contribution in [3.8, 4) is 0 Å². The zero-order chi connectivity index (χ0) is 11.4. The van der Waals surface area contributed by atoms with Gasteiger partial charge in [-0.1, -0.05) is 29.3 Å². The molecule has 0 aliphatic rings. The van der Waals surface area contributed by atoms with Gasteiger partial charge in [0.2, 0.25) is 0 Å². The summed E-state index contributed by atoms with van der Waals surface area (Å²) in [7, 11) is 0. The highest BCUT2D eigenvalue weighted by Crippen LogP contribution is 2.29. The van der Waals surface area contributed by atoms with Gasteiger partial charge in [-0.3, -0.25) is 10.1 Å². The Balaban J connectivity index is 2.77. The number of amides is 1. The Hall–Kier alpha value is -1.26. The molecule has 1 aromatic rings. The Kier molecular flexibility index (Phi) is 3.94. The van der Waals surface area contributed by atoms with Gasteiger partial charge in [-0.05, 0) is 12.1 Å². The number of benzene rings is 1. The molecule has 0 aliphatic heterocycles. The molecule has 0 saturated carbocycles. The molecule has 0 fully saturated rings. The highest BCUT2D eigenvalue weighted by atomic mass is 35.5. The summed E-state index contributed by atoms with van der Waals surface area (Å²) in [6.07, 6.45) is -0.897. The molecule has 0 unspecified atom stereocenters. The molecule has 0 spiro atoms. The van der Waals surface area contributed by atoms with Crippen LogP contribution in [0.3, 0.4) is 0 Å². The van der Waals surface area contributed by atoms with Gasteiger partial charge in [-0.2, -0.15) is 0 Å². The van der Waals surface area contributed by atoms with Crippen LogP contribution in [-0.2, 0) is 9.53 Å². The minimum absolute atomic E-state index is 0.194. The molecule has 1 N–H and O–H groups in total. The van der Waals surface area contributed by atoms with Gasteiger partial charge in [0.1, 0.15) is 0 Å². The third-order valence-electron chi connectivity index (χ3n) is 1.42. The van der Waals surface area contributed by atoms with Crippen LogP contribution in [0.25, 0.3) is 0 Å². The summed E-state index contributed by atoms with van der Waals surface area (Å²) in [5.41, 5.74) is 0.287. The Labute approximate surface area is 96.1 Å². The Morgan fingerprint density at radius 2 is 2.00 bits per heavy atom. The molecule has 0 radical (unpaired) electrons. The third kappa shape index (κ3) is 3.42. The van der Waals surface area contributed by atoms with Gasteiger partial charge >= 0.3 is 12.1 Å². The van der Waals surface area contributed by atoms with Crippen molar-refractivity contribution in [2.75, 3.05) is 5.32 Å². The van der Waals surface area contributed by atoms with Crippen LogP contribution >= 0.6 is 23.2 Å². The molecule has 80 valence electrons. The minimum atomic E-state index is -0.897. The normalized spacial score (nSPS) is 9.53. The van der Waals surface area contributed by atoms with E-state index in [-0.39, 0.29) is 10.7 Å². The van der Waals surface area contributed by atoms with Gasteiger partial charge in [0.15, 0.2) is 0 Å². The van der Waals surface area contributed by atoms with Gasteiger partial charge in [0.05, 0.1) is 15.7 Å². The molecule has 15 heavy (non-hydrogen) atoms. The lowest BCUT2D eigenvalue weighted by atomic mass is 10.3. The Morgan fingerprint density at radius 1 is 1.33 bits per heavy atom. The van der Waals surface area contributed by atoms with Crippen LogP contribution in [0, 0.1) is 0 Å². The second-order valence-electron chi connectivity index (χ2n) is 2.61. The molecule has 1 amide bonds. The summed E-state index contributed by atoms with van der Waals surface area (Å²) in [5.74, 6) is -0.703. The maximum atomic E-state index is 11.0. The van der Waals surface area contributed by atoms with E-state index in [2.05, 4.69) is 10.1 Å². The van der Waals surface area contributed by atoms with Crippen molar-refractivity contribution in [2.24, 2.45) is 0 Å². The van der Waals surface area contributed by atoms with E-state index in [0.29, 0.717) is 5.02 Å². The van der Waals surface area contributed by atoms with Crippen LogP contribution in [0.5, 0.6) is 0 Å². The first-order valence-corrected chi connectivity index (χ1v) is 4.69. The second-order valence-corrected chi connectivity index (χ2v) is 3.39. The van der Waals surface area contributed by atoms with Gasteiger partial charge in [-0.15, -0.1) is 0 Å². The number of ether oxygens (including phenoxy) is 1. The summed E-state index contributed by atoms with van der Waals surface area (Å²) in [4.78, 5) is 21.5. The van der Waals surface area contributed by atoms with Crippen molar-refractivity contribution in [1.29, 1.82) is 0 Å². The van der Waals surface area contributed by atoms with Crippen molar-refractivity contribution in [1.82, 2.24) is 0 Å². The molecule has 0 heterocycles. The highest BCUT2D eigenvalue weighted by Gasteiger charge is 2.10. The molecule has 6 heteroatoms. The number of halogens is 2. The molecule has 0 saturated heterocycles. The number of carbonyl (C=O) groups excluding carboxylic acids is 2. The standard InChI is InChI=1S/C9H7Cl2NO3/c1-5(13)15-9(14)12-7-4-2-3-6(10)8(7)11/h2-4H,1H3,(H,12,14). The first kappa shape index (κ1) is 11.8. The SMILES string of the molecule is CC(=O)OC(=O)Nc1cccc(Cl)c1Cl. The lowest BCUT2D eigenvalue weighted by molar-refractivity contribution is -0.134. The fraction of sp³-hybridized carbons (Fsp3) is 0.111. The third-order valence-corrected chi connectivity index (χ3v) is 2.24. The zero-order valence-electron chi connectivity index (χ0n) is 7.71. The van der Waals surface area contributed by atoms with Crippen molar-refractivity contribution in [2.45, 2.75) is 6.92 Å². The summed E-state index contributed by atoms with van der Waals surface area (Å²) in [6, 6.07) is 4.72. The predicted molar refractivity (Wildman–Crippen MR) is 57.2 cm³/mol. The van der Waals surface area contributed by atoms with Crippen LogP contribution < -0.4 is 5.32 Å². The molecule has 4 nitrogen and oxygen atoms in total. The van der Waals surface area contributed by atoms with Crippen LogP contribution in [0.4, 0.5) is 10.5 Å². The van der Waals surface area contributed by atoms with Crippen LogP contribution in [0.1, 0.15) is 6.92 Å². The van der Waals surface area contributed by atoms with Gasteiger partial charge < -0.3 is 4.74 Å². The largest absolute Gasteiger partial charge is 0.419 e. The maximum Gasteiger partial charge on any atom is 0.419 e. The summed E-state index contributed by atoms with van der Waals surface area (Å²) < 4.78 is 4.26. The number of hydrogen-bond donors (Lipinski definition) is 1. The summed E-state index contributed by atoms with van der Waals surface area (Å²) in [6.45, 7) is 1.12. The lowest BCUT2D eigenvalue weighted by Crippen LogP contribution is -2.16. The lowest BCUT2D eigenvalue weighted by Gasteiger charge is -2.06. The highest BCUT2D eigenvalue weighted by molar-refractivity contribution is 6.43. The van der Waals surface area contributed by atoms with Crippen molar-refractivity contribution < 1.29 is 14.3 Å². The van der Waals surface area contributed by atoms with E-state index in [1.807, 2.05) is 0 Å². The van der Waals surface area contributed by atoms with Gasteiger partial charge in [0.25, 0.3) is 0 Å². The maximum absolute atomic E-state index is 11.0. The van der Waals surface area contributed by atoms with Crippen molar-refractivity contribution >= 4 is 41.0 Å². The fourth-order valence-corrected chi connectivity index (χ4v) is 1.21. The van der Waals surface area contributed by atoms with Crippen LogP contribution in [-0.4, -0.2) is 12.1 Å². The first-order chi connectivity index (χ1) is 7.00. The smallest absolute Gasteiger partial charge is 0.376 e. The second kappa shape index (κ2) is 5.00. The van der Waals surface area contributed by atoms with Crippen molar-refractivity contribution in [3.05, 3.63) is 28.2 Å². The van der Waals surface area contributed by atoms with E-state index >= 15 is 0 Å². The molecule has 1 rings (SSSR count). The number of carbonyl (C=O) groups is 2. The fourth-order valence-electron chi connectivity index (χ4n) is 0.866. The van der Waals surface area contributed by atoms with E-state index < -0.39 is 12.1 Å². The van der Waals surface area contributed by atoms with Crippen molar-refractivity contribution in [3.63, 3.8) is 0 Å². The monoisotopic (exact) mass is 247 g/mol. The number of anilines is 1. The van der Waals surface area contributed by atoms with E-state index in [4.69, 9.17) is 23.2 Å².